The van der Waals surface area contributed by atoms with E-state index in [2.05, 4.69) is 15.3 Å². The predicted molar refractivity (Wildman–Crippen MR) is 105 cm³/mol. The summed E-state index contributed by atoms with van der Waals surface area (Å²) in [5.41, 5.74) is 1.86. The third-order valence-corrected chi connectivity index (χ3v) is 4.78. The maximum atomic E-state index is 12.3. The van der Waals surface area contributed by atoms with Crippen LogP contribution in [0.5, 0.6) is 11.6 Å². The quantitative estimate of drug-likeness (QED) is 0.860. The summed E-state index contributed by atoms with van der Waals surface area (Å²) in [6.07, 6.45) is 1.79. The van der Waals surface area contributed by atoms with Crippen molar-refractivity contribution in [2.45, 2.75) is 39.5 Å². The van der Waals surface area contributed by atoms with Crippen LogP contribution in [0.25, 0.3) is 0 Å². The number of hydrogen-bond donors (Lipinski definition) is 1. The van der Waals surface area contributed by atoms with Crippen LogP contribution >= 0.6 is 0 Å². The largest absolute Gasteiger partial charge is 0.439 e. The first-order chi connectivity index (χ1) is 13.4. The molecule has 1 N–H and O–H groups in total. The zero-order valence-electron chi connectivity index (χ0n) is 16.6. The molecule has 7 nitrogen and oxygen atoms in total. The molecule has 1 atom stereocenters. The summed E-state index contributed by atoms with van der Waals surface area (Å²) in [5, 5.41) is 2.57. The van der Waals surface area contributed by atoms with Gasteiger partial charge in [-0.15, -0.1) is 0 Å². The van der Waals surface area contributed by atoms with Crippen molar-refractivity contribution in [3.63, 3.8) is 0 Å². The fraction of sp³-hybridized carbons (Fsp3) is 0.429. The highest BCUT2D eigenvalue weighted by molar-refractivity contribution is 5.83. The van der Waals surface area contributed by atoms with E-state index in [1.165, 1.54) is 6.92 Å². The van der Waals surface area contributed by atoms with Crippen LogP contribution < -0.4 is 10.1 Å². The van der Waals surface area contributed by atoms with Crippen molar-refractivity contribution in [1.82, 2.24) is 20.2 Å². The molecule has 2 amide bonds. The van der Waals surface area contributed by atoms with Crippen molar-refractivity contribution >= 4 is 11.8 Å². The van der Waals surface area contributed by atoms with Gasteiger partial charge in [0.25, 0.3) is 0 Å². The van der Waals surface area contributed by atoms with Crippen LogP contribution in [0, 0.1) is 13.8 Å². The van der Waals surface area contributed by atoms with E-state index in [-0.39, 0.29) is 24.3 Å². The van der Waals surface area contributed by atoms with Crippen LogP contribution in [0.3, 0.4) is 0 Å². The molecule has 1 fully saturated rings. The number of piperidine rings is 1. The van der Waals surface area contributed by atoms with Gasteiger partial charge in [-0.2, -0.15) is 4.98 Å². The fourth-order valence-corrected chi connectivity index (χ4v) is 3.31. The van der Waals surface area contributed by atoms with Crippen molar-refractivity contribution in [3.8, 4) is 11.6 Å². The molecule has 0 aliphatic carbocycles. The second-order valence-electron chi connectivity index (χ2n) is 7.16. The highest BCUT2D eigenvalue weighted by Gasteiger charge is 2.27. The van der Waals surface area contributed by atoms with Gasteiger partial charge < -0.3 is 15.0 Å². The van der Waals surface area contributed by atoms with Crippen molar-refractivity contribution in [1.29, 1.82) is 0 Å². The number of nitrogens with zero attached hydrogens (tertiary/aromatic N) is 3. The van der Waals surface area contributed by atoms with Crippen LogP contribution in [0.2, 0.25) is 0 Å². The third-order valence-electron chi connectivity index (χ3n) is 4.78. The molecule has 0 radical (unpaired) electrons. The first kappa shape index (κ1) is 19.8. The number of nitrogens with one attached hydrogen (secondary N) is 1. The average molecular weight is 382 g/mol. The Bertz CT molecular complexity index is 868. The molecule has 28 heavy (non-hydrogen) atoms. The summed E-state index contributed by atoms with van der Waals surface area (Å²) in [6.45, 7) is 6.57. The average Bonchev–Trinajstić information content (AvgIpc) is 2.67. The highest BCUT2D eigenvalue weighted by atomic mass is 16.5. The van der Waals surface area contributed by atoms with Gasteiger partial charge >= 0.3 is 0 Å². The topological polar surface area (TPSA) is 84.4 Å². The van der Waals surface area contributed by atoms with E-state index in [1.54, 1.807) is 4.90 Å². The molecule has 7 heteroatoms. The highest BCUT2D eigenvalue weighted by Crippen LogP contribution is 2.28. The fourth-order valence-electron chi connectivity index (χ4n) is 3.31. The molecule has 0 spiro atoms. The van der Waals surface area contributed by atoms with Crippen molar-refractivity contribution in [2.24, 2.45) is 0 Å². The minimum Gasteiger partial charge on any atom is -0.439 e. The molecule has 2 aromatic rings. The number of carbonyl (C=O) groups is 2. The Morgan fingerprint density at radius 2 is 2.04 bits per heavy atom. The van der Waals surface area contributed by atoms with Gasteiger partial charge in [0.2, 0.25) is 17.7 Å². The van der Waals surface area contributed by atoms with E-state index in [0.717, 1.165) is 29.8 Å². The molecule has 1 aliphatic heterocycles. The zero-order valence-corrected chi connectivity index (χ0v) is 16.6. The van der Waals surface area contributed by atoms with Crippen LogP contribution in [0.15, 0.2) is 30.3 Å². The molecule has 0 unspecified atom stereocenters. The molecule has 1 aliphatic rings. The first-order valence-electron chi connectivity index (χ1n) is 9.53. The van der Waals surface area contributed by atoms with E-state index >= 15 is 0 Å². The monoisotopic (exact) mass is 382 g/mol. The summed E-state index contributed by atoms with van der Waals surface area (Å²) in [6, 6.07) is 9.61. The smallest absolute Gasteiger partial charge is 0.241 e. The van der Waals surface area contributed by atoms with Crippen LogP contribution in [-0.4, -0.2) is 46.3 Å². The number of carbonyl (C=O) groups excluding carboxylic acids is 2. The Balaban J connectivity index is 1.74. The molecular weight excluding hydrogens is 356 g/mol. The number of aromatic nitrogens is 2. The van der Waals surface area contributed by atoms with Crippen molar-refractivity contribution < 1.29 is 14.3 Å². The zero-order chi connectivity index (χ0) is 20.1. The predicted octanol–water partition coefficient (Wildman–Crippen LogP) is 2.73. The number of benzene rings is 1. The number of aryl methyl sites for hydroxylation is 2. The number of rotatable bonds is 5. The lowest BCUT2D eigenvalue weighted by molar-refractivity contribution is -0.133. The van der Waals surface area contributed by atoms with Crippen LogP contribution in [0.4, 0.5) is 0 Å². The Kier molecular flexibility index (Phi) is 6.23. The Morgan fingerprint density at radius 1 is 1.25 bits per heavy atom. The maximum absolute atomic E-state index is 12.3. The summed E-state index contributed by atoms with van der Waals surface area (Å²) < 4.78 is 5.98. The van der Waals surface area contributed by atoms with Gasteiger partial charge in [0.15, 0.2) is 0 Å². The lowest BCUT2D eigenvalue weighted by Crippen LogP contribution is -2.44. The second kappa shape index (κ2) is 8.82. The first-order valence-corrected chi connectivity index (χ1v) is 9.53. The van der Waals surface area contributed by atoms with Gasteiger partial charge in [-0.05, 0) is 38.3 Å². The van der Waals surface area contributed by atoms with Gasteiger partial charge in [0, 0.05) is 37.7 Å². The summed E-state index contributed by atoms with van der Waals surface area (Å²) in [4.78, 5) is 34.4. The van der Waals surface area contributed by atoms with Crippen molar-refractivity contribution in [2.75, 3.05) is 19.6 Å². The number of ether oxygens (including phenoxy) is 1. The Morgan fingerprint density at radius 3 is 2.79 bits per heavy atom. The molecule has 0 bridgehead atoms. The van der Waals surface area contributed by atoms with E-state index in [4.69, 9.17) is 4.74 Å². The van der Waals surface area contributed by atoms with E-state index in [9.17, 15) is 9.59 Å². The molecule has 148 valence electrons. The van der Waals surface area contributed by atoms with Crippen molar-refractivity contribution in [3.05, 3.63) is 47.4 Å². The second-order valence-corrected chi connectivity index (χ2v) is 7.16. The molecule has 3 rings (SSSR count). The SMILES string of the molecule is CC(=O)NCC(=O)N1CCC[C@@H](c2nc(C)cc(Oc3ccccc3C)n2)C1. The molecule has 1 saturated heterocycles. The Hall–Kier alpha value is -2.96. The Labute approximate surface area is 165 Å². The van der Waals surface area contributed by atoms with Gasteiger partial charge in [-0.3, -0.25) is 9.59 Å². The summed E-state index contributed by atoms with van der Waals surface area (Å²) in [5.74, 6) is 1.74. The molecule has 1 aromatic heterocycles. The van der Waals surface area contributed by atoms with Gasteiger partial charge in [-0.1, -0.05) is 18.2 Å². The number of hydrogen-bond acceptors (Lipinski definition) is 5. The third kappa shape index (κ3) is 5.06. The van der Waals surface area contributed by atoms with Gasteiger partial charge in [0.1, 0.15) is 11.6 Å². The lowest BCUT2D eigenvalue weighted by Gasteiger charge is -2.32. The van der Waals surface area contributed by atoms with E-state index in [0.29, 0.717) is 24.8 Å². The number of likely N-dealkylation sites (tertiary alicyclic amines) is 1. The van der Waals surface area contributed by atoms with Crippen LogP contribution in [0.1, 0.15) is 42.8 Å². The van der Waals surface area contributed by atoms with Crippen LogP contribution in [-0.2, 0) is 9.59 Å². The maximum Gasteiger partial charge on any atom is 0.241 e. The standard InChI is InChI=1S/C21H26N4O3/c1-14-7-4-5-9-18(14)28-19-11-15(2)23-21(24-19)17-8-6-10-25(13-17)20(27)12-22-16(3)26/h4-5,7,9,11,17H,6,8,10,12-13H2,1-3H3,(H,22,26)/t17-/m1/s1. The summed E-state index contributed by atoms with van der Waals surface area (Å²) >= 11 is 0. The van der Waals surface area contributed by atoms with E-state index < -0.39 is 0 Å². The number of para-hydroxylation sites is 1. The molecule has 2 heterocycles. The van der Waals surface area contributed by atoms with E-state index in [1.807, 2.05) is 44.2 Å². The minimum atomic E-state index is -0.207. The normalized spacial score (nSPS) is 16.5. The molecular formula is C21H26N4O3. The van der Waals surface area contributed by atoms with Gasteiger partial charge in [0.05, 0.1) is 6.54 Å². The molecule has 1 aromatic carbocycles. The van der Waals surface area contributed by atoms with Gasteiger partial charge in [-0.25, -0.2) is 4.98 Å². The minimum absolute atomic E-state index is 0.0262. The molecule has 0 saturated carbocycles. The lowest BCUT2D eigenvalue weighted by atomic mass is 9.97. The number of amides is 2. The summed E-state index contributed by atoms with van der Waals surface area (Å²) in [7, 11) is 0.